The second-order valence-corrected chi connectivity index (χ2v) is 5.39. The molecular formula is C18H19N3O4. The molecule has 2 rings (SSSR count). The number of ether oxygens (including phenoxy) is 1. The molecule has 0 aliphatic rings. The molecule has 0 aromatic heterocycles. The number of hydrogen-bond donors (Lipinski definition) is 4. The summed E-state index contributed by atoms with van der Waals surface area (Å²) < 4.78 is 5.04. The molecule has 5 N–H and O–H groups in total. The standard InChI is InChI=1S/C18H19N3O4/c19-18(20)14-5-1-13(2-6-14)10-21-16(22)9-12-3-7-15(8-4-12)25-11-17(23)24/h1-8H,9-11H2,(H3,19,20)(H,21,22)(H,23,24). The van der Waals surface area contributed by atoms with Crippen molar-refractivity contribution >= 4 is 17.7 Å². The second kappa shape index (κ2) is 8.49. The van der Waals surface area contributed by atoms with E-state index in [1.807, 2.05) is 12.1 Å². The van der Waals surface area contributed by atoms with E-state index in [1.165, 1.54) is 0 Å². The Kier molecular flexibility index (Phi) is 6.11. The largest absolute Gasteiger partial charge is 0.482 e. The van der Waals surface area contributed by atoms with Gasteiger partial charge in [0, 0.05) is 12.1 Å². The number of carboxylic acid groups (broad SMARTS) is 1. The van der Waals surface area contributed by atoms with Crippen LogP contribution in [-0.2, 0) is 22.6 Å². The molecule has 0 unspecified atom stereocenters. The SMILES string of the molecule is N=C(N)c1ccc(CNC(=O)Cc2ccc(OCC(=O)O)cc2)cc1. The number of amidine groups is 1. The molecule has 7 heteroatoms. The molecular weight excluding hydrogens is 322 g/mol. The first-order chi connectivity index (χ1) is 11.9. The van der Waals surface area contributed by atoms with Gasteiger partial charge in [-0.05, 0) is 23.3 Å². The summed E-state index contributed by atoms with van der Waals surface area (Å²) in [5.74, 6) is -0.724. The molecule has 0 saturated carbocycles. The van der Waals surface area contributed by atoms with Crippen molar-refractivity contribution in [3.8, 4) is 5.75 Å². The van der Waals surface area contributed by atoms with Gasteiger partial charge in [0.1, 0.15) is 11.6 Å². The van der Waals surface area contributed by atoms with Crippen LogP contribution in [0.25, 0.3) is 0 Å². The van der Waals surface area contributed by atoms with Gasteiger partial charge in [-0.25, -0.2) is 4.79 Å². The number of nitrogens with one attached hydrogen (secondary N) is 2. The highest BCUT2D eigenvalue weighted by Gasteiger charge is 2.05. The van der Waals surface area contributed by atoms with Crippen molar-refractivity contribution in [2.24, 2.45) is 5.73 Å². The number of carboxylic acids is 1. The minimum Gasteiger partial charge on any atom is -0.482 e. The molecule has 0 bridgehead atoms. The van der Waals surface area contributed by atoms with Crippen LogP contribution in [0.5, 0.6) is 5.75 Å². The Bertz CT molecular complexity index is 755. The number of rotatable bonds is 8. The van der Waals surface area contributed by atoms with Gasteiger partial charge in [-0.1, -0.05) is 36.4 Å². The van der Waals surface area contributed by atoms with Gasteiger partial charge >= 0.3 is 5.97 Å². The number of benzene rings is 2. The molecule has 0 radical (unpaired) electrons. The maximum Gasteiger partial charge on any atom is 0.341 e. The van der Waals surface area contributed by atoms with Crippen molar-refractivity contribution < 1.29 is 19.4 Å². The molecule has 2 aromatic carbocycles. The summed E-state index contributed by atoms with van der Waals surface area (Å²) >= 11 is 0. The fourth-order valence-electron chi connectivity index (χ4n) is 2.10. The van der Waals surface area contributed by atoms with Gasteiger partial charge in [0.15, 0.2) is 6.61 Å². The Morgan fingerprint density at radius 3 is 2.20 bits per heavy atom. The summed E-state index contributed by atoms with van der Waals surface area (Å²) in [5, 5.41) is 18.7. The molecule has 0 aliphatic carbocycles. The maximum absolute atomic E-state index is 12.0. The highest BCUT2D eigenvalue weighted by Crippen LogP contribution is 2.12. The van der Waals surface area contributed by atoms with Gasteiger partial charge < -0.3 is 20.9 Å². The van der Waals surface area contributed by atoms with Crippen LogP contribution in [-0.4, -0.2) is 29.4 Å². The van der Waals surface area contributed by atoms with E-state index in [4.69, 9.17) is 21.0 Å². The van der Waals surface area contributed by atoms with E-state index in [0.29, 0.717) is 17.9 Å². The van der Waals surface area contributed by atoms with Gasteiger partial charge in [-0.2, -0.15) is 0 Å². The highest BCUT2D eigenvalue weighted by molar-refractivity contribution is 5.94. The van der Waals surface area contributed by atoms with Crippen molar-refractivity contribution in [2.75, 3.05) is 6.61 Å². The zero-order valence-corrected chi connectivity index (χ0v) is 13.5. The van der Waals surface area contributed by atoms with Crippen LogP contribution in [0.2, 0.25) is 0 Å². The number of aliphatic carboxylic acids is 1. The lowest BCUT2D eigenvalue weighted by Crippen LogP contribution is -2.24. The first-order valence-corrected chi connectivity index (χ1v) is 7.57. The Morgan fingerprint density at radius 1 is 1.04 bits per heavy atom. The van der Waals surface area contributed by atoms with Crippen LogP contribution in [0.1, 0.15) is 16.7 Å². The van der Waals surface area contributed by atoms with Crippen molar-refractivity contribution in [3.63, 3.8) is 0 Å². The summed E-state index contributed by atoms with van der Waals surface area (Å²) in [6.07, 6.45) is 0.213. The average Bonchev–Trinajstić information content (AvgIpc) is 2.59. The molecule has 130 valence electrons. The molecule has 0 fully saturated rings. The first kappa shape index (κ1) is 18.0. The quantitative estimate of drug-likeness (QED) is 0.425. The van der Waals surface area contributed by atoms with Gasteiger partial charge in [0.05, 0.1) is 6.42 Å². The number of carbonyl (C=O) groups is 2. The molecule has 0 heterocycles. The first-order valence-electron chi connectivity index (χ1n) is 7.57. The minimum atomic E-state index is -1.04. The second-order valence-electron chi connectivity index (χ2n) is 5.39. The predicted molar refractivity (Wildman–Crippen MR) is 92.6 cm³/mol. The molecule has 25 heavy (non-hydrogen) atoms. The molecule has 2 aromatic rings. The van der Waals surface area contributed by atoms with Crippen molar-refractivity contribution in [2.45, 2.75) is 13.0 Å². The summed E-state index contributed by atoms with van der Waals surface area (Å²) in [6, 6.07) is 13.8. The number of hydrogen-bond acceptors (Lipinski definition) is 4. The van der Waals surface area contributed by atoms with E-state index in [-0.39, 0.29) is 18.2 Å². The smallest absolute Gasteiger partial charge is 0.341 e. The van der Waals surface area contributed by atoms with E-state index in [1.54, 1.807) is 36.4 Å². The van der Waals surface area contributed by atoms with Crippen molar-refractivity contribution in [3.05, 3.63) is 65.2 Å². The summed E-state index contributed by atoms with van der Waals surface area (Å²) in [4.78, 5) is 22.4. The highest BCUT2D eigenvalue weighted by atomic mass is 16.5. The van der Waals surface area contributed by atoms with E-state index >= 15 is 0 Å². The number of nitrogen functional groups attached to an aromatic ring is 1. The Hall–Kier alpha value is -3.35. The zero-order chi connectivity index (χ0) is 18.2. The van der Waals surface area contributed by atoms with E-state index < -0.39 is 12.6 Å². The van der Waals surface area contributed by atoms with E-state index in [2.05, 4.69) is 5.32 Å². The van der Waals surface area contributed by atoms with E-state index in [0.717, 1.165) is 11.1 Å². The molecule has 1 amide bonds. The van der Waals surface area contributed by atoms with Crippen molar-refractivity contribution in [1.29, 1.82) is 5.41 Å². The fourth-order valence-corrected chi connectivity index (χ4v) is 2.10. The van der Waals surface area contributed by atoms with Gasteiger partial charge in [0.25, 0.3) is 0 Å². The lowest BCUT2D eigenvalue weighted by molar-refractivity contribution is -0.139. The van der Waals surface area contributed by atoms with Gasteiger partial charge in [0.2, 0.25) is 5.91 Å². The molecule has 7 nitrogen and oxygen atoms in total. The van der Waals surface area contributed by atoms with Crippen molar-refractivity contribution in [1.82, 2.24) is 5.32 Å². The lowest BCUT2D eigenvalue weighted by Gasteiger charge is -2.07. The third-order valence-electron chi connectivity index (χ3n) is 3.40. The van der Waals surface area contributed by atoms with Crippen LogP contribution in [0, 0.1) is 5.41 Å². The van der Waals surface area contributed by atoms with E-state index in [9.17, 15) is 9.59 Å². The summed E-state index contributed by atoms with van der Waals surface area (Å²) in [6.45, 7) is -0.0148. The molecule has 0 saturated heterocycles. The van der Waals surface area contributed by atoms with Gasteiger partial charge in [-0.3, -0.25) is 10.2 Å². The van der Waals surface area contributed by atoms with Crippen LogP contribution in [0.4, 0.5) is 0 Å². The Morgan fingerprint density at radius 2 is 1.64 bits per heavy atom. The van der Waals surface area contributed by atoms with Crippen LogP contribution >= 0.6 is 0 Å². The normalized spacial score (nSPS) is 10.1. The third kappa shape index (κ3) is 5.98. The summed E-state index contributed by atoms with van der Waals surface area (Å²) in [5.41, 5.74) is 7.74. The molecule has 0 spiro atoms. The molecule has 0 atom stereocenters. The Balaban J connectivity index is 1.81. The maximum atomic E-state index is 12.0. The number of amides is 1. The third-order valence-corrected chi connectivity index (χ3v) is 3.40. The Labute approximate surface area is 144 Å². The fraction of sp³-hybridized carbons (Fsp3) is 0.167. The lowest BCUT2D eigenvalue weighted by atomic mass is 10.1. The summed E-state index contributed by atoms with van der Waals surface area (Å²) in [7, 11) is 0. The number of carbonyl (C=O) groups excluding carboxylic acids is 1. The number of nitrogens with two attached hydrogens (primary N) is 1. The van der Waals surface area contributed by atoms with Crippen LogP contribution < -0.4 is 15.8 Å². The minimum absolute atomic E-state index is 0.00590. The topological polar surface area (TPSA) is 126 Å². The van der Waals surface area contributed by atoms with Crippen LogP contribution in [0.3, 0.4) is 0 Å². The predicted octanol–water partition coefficient (Wildman–Crippen LogP) is 1.29. The monoisotopic (exact) mass is 341 g/mol. The van der Waals surface area contributed by atoms with Gasteiger partial charge in [-0.15, -0.1) is 0 Å². The average molecular weight is 341 g/mol. The van der Waals surface area contributed by atoms with Crippen LogP contribution in [0.15, 0.2) is 48.5 Å². The zero-order valence-electron chi connectivity index (χ0n) is 13.5. The molecule has 0 aliphatic heterocycles.